The Labute approximate surface area is 110 Å². The van der Waals surface area contributed by atoms with Crippen LogP contribution in [0.15, 0.2) is 0 Å². The summed E-state index contributed by atoms with van der Waals surface area (Å²) in [6.45, 7) is 13.2. The smallest absolute Gasteiger partial charge is 0.0550 e. The summed E-state index contributed by atoms with van der Waals surface area (Å²) < 4.78 is 5.73. The van der Waals surface area contributed by atoms with E-state index < -0.39 is 0 Å². The summed E-state index contributed by atoms with van der Waals surface area (Å²) in [6.07, 6.45) is 11.2. The zero-order valence-electron chi connectivity index (χ0n) is 13.2. The van der Waals surface area contributed by atoms with Crippen molar-refractivity contribution >= 4 is 0 Å². The van der Waals surface area contributed by atoms with Crippen LogP contribution in [-0.4, -0.2) is 12.2 Å². The minimum absolute atomic E-state index is 0.446. The topological polar surface area (TPSA) is 9.23 Å². The molecule has 2 atom stereocenters. The van der Waals surface area contributed by atoms with Crippen LogP contribution in [0.5, 0.6) is 0 Å². The first kappa shape index (κ1) is 19.3. The summed E-state index contributed by atoms with van der Waals surface area (Å²) in [6, 6.07) is 0. The van der Waals surface area contributed by atoms with Gasteiger partial charge in [0.25, 0.3) is 0 Å². The average Bonchev–Trinajstić information content (AvgIpc) is 2.27. The van der Waals surface area contributed by atoms with E-state index in [1.165, 1.54) is 51.4 Å². The van der Waals surface area contributed by atoms with Gasteiger partial charge in [0, 0.05) is 0 Å². The molecule has 0 aromatic carbocycles. The lowest BCUT2D eigenvalue weighted by molar-refractivity contribution is -0.000491. The van der Waals surface area contributed by atoms with Gasteiger partial charge in [-0.15, -0.1) is 0 Å². The molecule has 0 spiro atoms. The fourth-order valence-electron chi connectivity index (χ4n) is 1.85. The lowest BCUT2D eigenvalue weighted by Crippen LogP contribution is -2.16. The summed E-state index contributed by atoms with van der Waals surface area (Å²) in [5.41, 5.74) is 0. The maximum absolute atomic E-state index is 5.73. The van der Waals surface area contributed by atoms with E-state index in [1.807, 2.05) is 0 Å². The van der Waals surface area contributed by atoms with Gasteiger partial charge in [-0.1, -0.05) is 66.2 Å². The van der Waals surface area contributed by atoms with Gasteiger partial charge in [0.05, 0.1) is 12.2 Å². The maximum Gasteiger partial charge on any atom is 0.0550 e. The Kier molecular flexibility index (Phi) is 18.1. The quantitative estimate of drug-likeness (QED) is 0.454. The lowest BCUT2D eigenvalue weighted by atomic mass is 10.2. The largest absolute Gasteiger partial charge is 0.376 e. The average molecular weight is 244 g/mol. The van der Waals surface area contributed by atoms with Gasteiger partial charge in [0.1, 0.15) is 0 Å². The van der Waals surface area contributed by atoms with Crippen LogP contribution in [0.25, 0.3) is 0 Å². The van der Waals surface area contributed by atoms with Crippen LogP contribution in [0.4, 0.5) is 0 Å². The molecule has 0 aliphatic heterocycles. The second-order valence-corrected chi connectivity index (χ2v) is 5.04. The molecular formula is C16H36O. The third-order valence-electron chi connectivity index (χ3n) is 2.81. The van der Waals surface area contributed by atoms with Crippen LogP contribution in [0.1, 0.15) is 92.9 Å². The van der Waals surface area contributed by atoms with Crippen LogP contribution in [0.2, 0.25) is 0 Å². The van der Waals surface area contributed by atoms with Crippen LogP contribution < -0.4 is 0 Å². The number of hydrogen-bond acceptors (Lipinski definition) is 1. The van der Waals surface area contributed by atoms with Crippen molar-refractivity contribution in [2.45, 2.75) is 105 Å². The van der Waals surface area contributed by atoms with Crippen molar-refractivity contribution in [3.63, 3.8) is 0 Å². The van der Waals surface area contributed by atoms with E-state index in [2.05, 4.69) is 41.5 Å². The molecule has 0 aliphatic rings. The number of rotatable bonds is 9. The Morgan fingerprint density at radius 1 is 0.647 bits per heavy atom. The fourth-order valence-corrected chi connectivity index (χ4v) is 1.85. The normalized spacial score (nSPS) is 13.8. The highest BCUT2D eigenvalue weighted by Crippen LogP contribution is 2.08. The molecule has 106 valence electrons. The van der Waals surface area contributed by atoms with Crippen molar-refractivity contribution in [3.8, 4) is 0 Å². The molecule has 0 N–H and O–H groups in total. The van der Waals surface area contributed by atoms with E-state index in [0.29, 0.717) is 12.2 Å². The monoisotopic (exact) mass is 244 g/mol. The van der Waals surface area contributed by atoms with Gasteiger partial charge >= 0.3 is 0 Å². The minimum atomic E-state index is 0.446. The Bertz CT molecular complexity index is 109. The Hall–Kier alpha value is -0.0400. The first-order chi connectivity index (χ1) is 8.12. The molecule has 17 heavy (non-hydrogen) atoms. The number of unbranched alkanes of at least 4 members (excludes halogenated alkanes) is 3. The summed E-state index contributed by atoms with van der Waals surface area (Å²) in [5, 5.41) is 0. The van der Waals surface area contributed by atoms with Gasteiger partial charge < -0.3 is 4.74 Å². The molecule has 2 unspecified atom stereocenters. The highest BCUT2D eigenvalue weighted by molar-refractivity contribution is 4.54. The van der Waals surface area contributed by atoms with Gasteiger partial charge in [-0.25, -0.2) is 0 Å². The van der Waals surface area contributed by atoms with Crippen molar-refractivity contribution in [2.75, 3.05) is 0 Å². The number of ether oxygens (including phenoxy) is 1. The summed E-state index contributed by atoms with van der Waals surface area (Å²) in [5.74, 6) is 0. The third kappa shape index (κ3) is 18.5. The fraction of sp³-hybridized carbons (Fsp3) is 1.00. The minimum Gasteiger partial charge on any atom is -0.376 e. The van der Waals surface area contributed by atoms with Gasteiger partial charge in [0.15, 0.2) is 0 Å². The van der Waals surface area contributed by atoms with Gasteiger partial charge in [-0.3, -0.25) is 0 Å². The van der Waals surface area contributed by atoms with E-state index in [4.69, 9.17) is 4.74 Å². The molecule has 0 bridgehead atoms. The molecule has 0 aromatic rings. The predicted octanol–water partition coefficient (Wildman–Crippen LogP) is 5.97. The molecule has 0 fully saturated rings. The molecular weight excluding hydrogens is 208 g/mol. The van der Waals surface area contributed by atoms with E-state index in [-0.39, 0.29) is 0 Å². The molecule has 0 heterocycles. The van der Waals surface area contributed by atoms with E-state index in [9.17, 15) is 0 Å². The Morgan fingerprint density at radius 2 is 1.00 bits per heavy atom. The predicted molar refractivity (Wildman–Crippen MR) is 79.6 cm³/mol. The first-order valence-electron chi connectivity index (χ1n) is 7.77. The van der Waals surface area contributed by atoms with Crippen molar-refractivity contribution < 1.29 is 4.74 Å². The van der Waals surface area contributed by atoms with Crippen LogP contribution in [0.3, 0.4) is 0 Å². The molecule has 1 nitrogen and oxygen atoms in total. The first-order valence-corrected chi connectivity index (χ1v) is 7.77. The molecule has 0 saturated carbocycles. The molecule has 0 aliphatic carbocycles. The van der Waals surface area contributed by atoms with Gasteiger partial charge in [-0.05, 0) is 26.7 Å². The Balaban J connectivity index is 0. The van der Waals surface area contributed by atoms with E-state index in [0.717, 1.165) is 0 Å². The molecule has 1 heteroatoms. The molecule has 0 amide bonds. The molecule has 0 aromatic heterocycles. The Morgan fingerprint density at radius 3 is 1.24 bits per heavy atom. The summed E-state index contributed by atoms with van der Waals surface area (Å²) in [4.78, 5) is 0. The highest BCUT2D eigenvalue weighted by Gasteiger charge is 2.05. The number of hydrogen-bond donors (Lipinski definition) is 0. The van der Waals surface area contributed by atoms with Crippen molar-refractivity contribution in [1.82, 2.24) is 0 Å². The zero-order valence-corrected chi connectivity index (χ0v) is 13.2. The highest BCUT2D eigenvalue weighted by atomic mass is 16.5. The molecule has 0 rings (SSSR count). The summed E-state index contributed by atoms with van der Waals surface area (Å²) >= 11 is 0. The van der Waals surface area contributed by atoms with Gasteiger partial charge in [-0.2, -0.15) is 0 Å². The van der Waals surface area contributed by atoms with Crippen molar-refractivity contribution in [2.24, 2.45) is 0 Å². The molecule has 0 saturated heterocycles. The van der Waals surface area contributed by atoms with E-state index in [1.54, 1.807) is 0 Å². The van der Waals surface area contributed by atoms with Crippen LogP contribution in [-0.2, 0) is 4.74 Å². The zero-order chi connectivity index (χ0) is 13.5. The lowest BCUT2D eigenvalue weighted by Gasteiger charge is -2.17. The van der Waals surface area contributed by atoms with Crippen LogP contribution in [0, 0.1) is 0 Å². The van der Waals surface area contributed by atoms with Crippen molar-refractivity contribution in [3.05, 3.63) is 0 Å². The SMILES string of the molecule is CCCC(C)OC(C)CCC.CCCCCC. The standard InChI is InChI=1S/C10H22O.C6H14/c1-5-7-9(3)11-10(4)8-6-2;1-3-5-6-4-2/h9-10H,5-8H2,1-4H3;3-6H2,1-2H3. The second-order valence-electron chi connectivity index (χ2n) is 5.04. The van der Waals surface area contributed by atoms with Crippen LogP contribution >= 0.6 is 0 Å². The third-order valence-corrected chi connectivity index (χ3v) is 2.81. The van der Waals surface area contributed by atoms with E-state index >= 15 is 0 Å². The molecule has 0 radical (unpaired) electrons. The summed E-state index contributed by atoms with van der Waals surface area (Å²) in [7, 11) is 0. The van der Waals surface area contributed by atoms with Gasteiger partial charge in [0.2, 0.25) is 0 Å². The maximum atomic E-state index is 5.73. The second kappa shape index (κ2) is 16.0. The van der Waals surface area contributed by atoms with Crippen molar-refractivity contribution in [1.29, 1.82) is 0 Å².